The van der Waals surface area contributed by atoms with Crippen molar-refractivity contribution in [1.82, 2.24) is 15.1 Å². The molecule has 0 bridgehead atoms. The van der Waals surface area contributed by atoms with E-state index in [-0.39, 0.29) is 0 Å². The largest absolute Gasteiger partial charge is 0.378 e. The normalized spacial score (nSPS) is 26.3. The summed E-state index contributed by atoms with van der Waals surface area (Å²) in [6.45, 7) is 6.20. The molecule has 0 aliphatic carbocycles. The van der Waals surface area contributed by atoms with Crippen LogP contribution in [0.2, 0.25) is 0 Å². The molecule has 3 unspecified atom stereocenters. The lowest BCUT2D eigenvalue weighted by molar-refractivity contribution is 0.0770. The molecule has 2 rings (SSSR count). The molecule has 1 N–H and O–H groups in total. The molecule has 0 aromatic carbocycles. The first-order chi connectivity index (χ1) is 8.26. The second kappa shape index (κ2) is 5.65. The van der Waals surface area contributed by atoms with Crippen molar-refractivity contribution in [3.05, 3.63) is 18.0 Å². The Labute approximate surface area is 103 Å². The van der Waals surface area contributed by atoms with E-state index in [0.29, 0.717) is 18.1 Å². The molecule has 4 nitrogen and oxygen atoms in total. The van der Waals surface area contributed by atoms with Crippen LogP contribution < -0.4 is 5.32 Å². The first kappa shape index (κ1) is 12.6. The minimum atomic E-state index is 0.327. The third-order valence-electron chi connectivity index (χ3n) is 3.57. The molecule has 1 fully saturated rings. The predicted octanol–water partition coefficient (Wildman–Crippen LogP) is 1.89. The number of hydrogen-bond acceptors (Lipinski definition) is 3. The van der Waals surface area contributed by atoms with Crippen LogP contribution in [0.3, 0.4) is 0 Å². The Morgan fingerprint density at radius 3 is 3.00 bits per heavy atom. The number of rotatable bonds is 5. The van der Waals surface area contributed by atoms with E-state index in [9.17, 15) is 0 Å². The van der Waals surface area contributed by atoms with E-state index < -0.39 is 0 Å². The summed E-state index contributed by atoms with van der Waals surface area (Å²) in [4.78, 5) is 0. The zero-order valence-electron chi connectivity index (χ0n) is 11.0. The molecule has 0 saturated carbocycles. The molecule has 1 aliphatic heterocycles. The number of aromatic nitrogens is 2. The Morgan fingerprint density at radius 2 is 2.41 bits per heavy atom. The fourth-order valence-corrected chi connectivity index (χ4v) is 2.76. The Morgan fingerprint density at radius 1 is 1.59 bits per heavy atom. The third kappa shape index (κ3) is 2.69. The molecule has 1 saturated heterocycles. The number of ether oxygens (including phenoxy) is 1. The molecule has 96 valence electrons. The predicted molar refractivity (Wildman–Crippen MR) is 67.8 cm³/mol. The summed E-state index contributed by atoms with van der Waals surface area (Å²) in [6.07, 6.45) is 4.60. The average molecular weight is 237 g/mol. The van der Waals surface area contributed by atoms with Crippen molar-refractivity contribution in [2.24, 2.45) is 13.0 Å². The van der Waals surface area contributed by atoms with Crippen LogP contribution in [0, 0.1) is 5.92 Å². The maximum Gasteiger partial charge on any atom is 0.0797 e. The molecule has 17 heavy (non-hydrogen) atoms. The smallest absolute Gasteiger partial charge is 0.0797 e. The number of nitrogens with zero attached hydrogens (tertiary/aromatic N) is 2. The van der Waals surface area contributed by atoms with Crippen molar-refractivity contribution >= 4 is 0 Å². The van der Waals surface area contributed by atoms with E-state index in [1.165, 1.54) is 0 Å². The van der Waals surface area contributed by atoms with Gasteiger partial charge in [-0.1, -0.05) is 13.8 Å². The molecular formula is C13H23N3O. The minimum Gasteiger partial charge on any atom is -0.378 e. The van der Waals surface area contributed by atoms with Gasteiger partial charge in [-0.05, 0) is 25.5 Å². The highest BCUT2D eigenvalue weighted by molar-refractivity contribution is 5.08. The van der Waals surface area contributed by atoms with Crippen molar-refractivity contribution in [3.8, 4) is 0 Å². The Balaban J connectivity index is 2.16. The summed E-state index contributed by atoms with van der Waals surface area (Å²) in [5.41, 5.74) is 1.14. The molecule has 3 atom stereocenters. The standard InChI is InChI=1S/C13H23N3O/c1-4-12-10(7-9-17-12)13(14-5-2)11-6-8-16(3)15-11/h6,8,10,12-14H,4-5,7,9H2,1-3H3. The van der Waals surface area contributed by atoms with Crippen LogP contribution in [0.15, 0.2) is 12.3 Å². The Bertz CT molecular complexity index is 350. The monoisotopic (exact) mass is 237 g/mol. The van der Waals surface area contributed by atoms with Gasteiger partial charge in [-0.3, -0.25) is 4.68 Å². The quantitative estimate of drug-likeness (QED) is 0.850. The van der Waals surface area contributed by atoms with Crippen LogP contribution in [-0.2, 0) is 11.8 Å². The van der Waals surface area contributed by atoms with Gasteiger partial charge in [0.25, 0.3) is 0 Å². The highest BCUT2D eigenvalue weighted by Gasteiger charge is 2.35. The van der Waals surface area contributed by atoms with Crippen molar-refractivity contribution in [2.75, 3.05) is 13.2 Å². The molecular weight excluding hydrogens is 214 g/mol. The lowest BCUT2D eigenvalue weighted by atomic mass is 9.89. The van der Waals surface area contributed by atoms with Crippen LogP contribution >= 0.6 is 0 Å². The zero-order chi connectivity index (χ0) is 12.3. The summed E-state index contributed by atoms with van der Waals surface area (Å²) in [5.74, 6) is 0.551. The van der Waals surface area contributed by atoms with Gasteiger partial charge in [0.15, 0.2) is 0 Å². The molecule has 1 aromatic rings. The van der Waals surface area contributed by atoms with Crippen molar-refractivity contribution < 1.29 is 4.74 Å². The van der Waals surface area contributed by atoms with Crippen molar-refractivity contribution in [3.63, 3.8) is 0 Å². The maximum absolute atomic E-state index is 5.80. The molecule has 0 spiro atoms. The lowest BCUT2D eigenvalue weighted by Gasteiger charge is -2.26. The van der Waals surface area contributed by atoms with Gasteiger partial charge in [-0.15, -0.1) is 0 Å². The van der Waals surface area contributed by atoms with Crippen LogP contribution in [-0.4, -0.2) is 29.0 Å². The second-order valence-corrected chi connectivity index (χ2v) is 4.72. The van der Waals surface area contributed by atoms with E-state index in [0.717, 1.165) is 31.7 Å². The van der Waals surface area contributed by atoms with Gasteiger partial charge in [-0.2, -0.15) is 5.10 Å². The second-order valence-electron chi connectivity index (χ2n) is 4.72. The van der Waals surface area contributed by atoms with Gasteiger partial charge in [-0.25, -0.2) is 0 Å². The first-order valence-electron chi connectivity index (χ1n) is 6.60. The summed E-state index contributed by atoms with van der Waals surface area (Å²) in [5, 5.41) is 8.10. The maximum atomic E-state index is 5.80. The van der Waals surface area contributed by atoms with E-state index in [4.69, 9.17) is 4.74 Å². The van der Waals surface area contributed by atoms with Crippen LogP contribution in [0.1, 0.15) is 38.4 Å². The lowest BCUT2D eigenvalue weighted by Crippen LogP contribution is -2.33. The SMILES string of the molecule is CCNC(c1ccn(C)n1)C1CCOC1CC. The molecule has 0 amide bonds. The topological polar surface area (TPSA) is 39.1 Å². The average Bonchev–Trinajstić information content (AvgIpc) is 2.94. The van der Waals surface area contributed by atoms with E-state index in [2.05, 4.69) is 30.3 Å². The zero-order valence-corrected chi connectivity index (χ0v) is 11.0. The molecule has 1 aliphatic rings. The van der Waals surface area contributed by atoms with Gasteiger partial charge < -0.3 is 10.1 Å². The van der Waals surface area contributed by atoms with E-state index >= 15 is 0 Å². The van der Waals surface area contributed by atoms with E-state index in [1.54, 1.807) is 0 Å². The number of nitrogens with one attached hydrogen (secondary N) is 1. The fraction of sp³-hybridized carbons (Fsp3) is 0.769. The van der Waals surface area contributed by atoms with Gasteiger partial charge >= 0.3 is 0 Å². The van der Waals surface area contributed by atoms with Crippen LogP contribution in [0.25, 0.3) is 0 Å². The van der Waals surface area contributed by atoms with E-state index in [1.807, 2.05) is 17.9 Å². The highest BCUT2D eigenvalue weighted by atomic mass is 16.5. The molecule has 1 aromatic heterocycles. The number of hydrogen-bond donors (Lipinski definition) is 1. The minimum absolute atomic E-state index is 0.327. The van der Waals surface area contributed by atoms with Gasteiger partial charge in [0.05, 0.1) is 17.8 Å². The van der Waals surface area contributed by atoms with Crippen LogP contribution in [0.5, 0.6) is 0 Å². The third-order valence-corrected chi connectivity index (χ3v) is 3.57. The van der Waals surface area contributed by atoms with Crippen molar-refractivity contribution in [2.45, 2.75) is 38.8 Å². The summed E-state index contributed by atoms with van der Waals surface area (Å²) >= 11 is 0. The summed E-state index contributed by atoms with van der Waals surface area (Å²) < 4.78 is 7.67. The molecule has 4 heteroatoms. The summed E-state index contributed by atoms with van der Waals surface area (Å²) in [7, 11) is 1.97. The Hall–Kier alpha value is -0.870. The highest BCUT2D eigenvalue weighted by Crippen LogP contribution is 2.34. The summed E-state index contributed by atoms with van der Waals surface area (Å²) in [6, 6.07) is 2.44. The first-order valence-corrected chi connectivity index (χ1v) is 6.60. The van der Waals surface area contributed by atoms with Crippen molar-refractivity contribution in [1.29, 1.82) is 0 Å². The Kier molecular flexibility index (Phi) is 4.18. The van der Waals surface area contributed by atoms with Gasteiger partial charge in [0.1, 0.15) is 0 Å². The number of aryl methyl sites for hydroxylation is 1. The van der Waals surface area contributed by atoms with Gasteiger partial charge in [0, 0.05) is 25.8 Å². The van der Waals surface area contributed by atoms with Gasteiger partial charge in [0.2, 0.25) is 0 Å². The molecule has 0 radical (unpaired) electrons. The van der Waals surface area contributed by atoms with Crippen LogP contribution in [0.4, 0.5) is 0 Å². The fourth-order valence-electron chi connectivity index (χ4n) is 2.76. The molecule has 2 heterocycles.